The predicted octanol–water partition coefficient (Wildman–Crippen LogP) is 1.07. The van der Waals surface area contributed by atoms with E-state index in [0.29, 0.717) is 12.0 Å². The van der Waals surface area contributed by atoms with E-state index >= 15 is 0 Å². The topological polar surface area (TPSA) is 9.72 Å². The van der Waals surface area contributed by atoms with Crippen molar-refractivity contribution in [3.05, 3.63) is 0 Å². The van der Waals surface area contributed by atoms with E-state index in [-0.39, 0.29) is 0 Å². The molecule has 15 heavy (non-hydrogen) atoms. The largest absolute Gasteiger partial charge is 0.308 e. The van der Waals surface area contributed by atoms with Crippen molar-refractivity contribution in [2.45, 2.75) is 19.9 Å². The number of rotatable bonds is 7. The zero-order valence-corrected chi connectivity index (χ0v) is 11.6. The molecule has 0 heterocycles. The van der Waals surface area contributed by atoms with Gasteiger partial charge in [0.25, 0.3) is 0 Å². The normalized spacial score (nSPS) is 14.6. The maximum Gasteiger partial charge on any atom is 0.0239 e. The average Bonchev–Trinajstić information content (AvgIpc) is 2.09. The van der Waals surface area contributed by atoms with Crippen LogP contribution in [0.25, 0.3) is 0 Å². The Morgan fingerprint density at radius 3 is 1.73 bits per heavy atom. The van der Waals surface area contributed by atoms with Crippen molar-refractivity contribution in [2.75, 3.05) is 54.9 Å². The van der Waals surface area contributed by atoms with Gasteiger partial charge in [0.05, 0.1) is 0 Å². The first-order chi connectivity index (χ1) is 6.84. The molecule has 0 amide bonds. The smallest absolute Gasteiger partial charge is 0.0239 e. The maximum absolute atomic E-state index is 2.42. The molecular formula is C12H29N3. The third-order valence-electron chi connectivity index (χ3n) is 2.86. The van der Waals surface area contributed by atoms with Gasteiger partial charge in [0.15, 0.2) is 0 Å². The van der Waals surface area contributed by atoms with E-state index in [9.17, 15) is 0 Å². The second kappa shape index (κ2) is 7.20. The van der Waals surface area contributed by atoms with Crippen LogP contribution in [0.4, 0.5) is 0 Å². The summed E-state index contributed by atoms with van der Waals surface area (Å²) in [6, 6.07) is 0.650. The van der Waals surface area contributed by atoms with Crippen molar-refractivity contribution in [3.8, 4) is 0 Å². The Morgan fingerprint density at radius 2 is 1.40 bits per heavy atom. The molecule has 0 aromatic heterocycles. The Balaban J connectivity index is 3.95. The van der Waals surface area contributed by atoms with E-state index in [4.69, 9.17) is 0 Å². The number of hydrogen-bond donors (Lipinski definition) is 0. The summed E-state index contributed by atoms with van der Waals surface area (Å²) in [6.07, 6.45) is 0. The van der Waals surface area contributed by atoms with Gasteiger partial charge in [-0.3, -0.25) is 0 Å². The number of likely N-dealkylation sites (N-methyl/N-ethyl adjacent to an activating group) is 3. The molecule has 0 aliphatic rings. The number of nitrogens with zero attached hydrogens (tertiary/aromatic N) is 3. The van der Waals surface area contributed by atoms with Crippen LogP contribution in [0.2, 0.25) is 0 Å². The molecule has 0 aliphatic carbocycles. The Morgan fingerprint density at radius 1 is 0.867 bits per heavy atom. The van der Waals surface area contributed by atoms with Crippen LogP contribution in [0.3, 0.4) is 0 Å². The first-order valence-corrected chi connectivity index (χ1v) is 5.84. The van der Waals surface area contributed by atoms with Crippen LogP contribution in [0.1, 0.15) is 13.8 Å². The highest BCUT2D eigenvalue weighted by molar-refractivity contribution is 4.73. The van der Waals surface area contributed by atoms with Gasteiger partial charge in [-0.05, 0) is 41.2 Å². The fraction of sp³-hybridized carbons (Fsp3) is 1.00. The van der Waals surface area contributed by atoms with E-state index in [1.165, 1.54) is 0 Å². The van der Waals surface area contributed by atoms with E-state index in [1.54, 1.807) is 0 Å². The van der Waals surface area contributed by atoms with Gasteiger partial charge in [-0.25, -0.2) is 0 Å². The van der Waals surface area contributed by atoms with Gasteiger partial charge < -0.3 is 14.7 Å². The third-order valence-corrected chi connectivity index (χ3v) is 2.86. The molecule has 0 aromatic rings. The second-order valence-electron chi connectivity index (χ2n) is 5.34. The van der Waals surface area contributed by atoms with E-state index in [0.717, 1.165) is 19.6 Å². The van der Waals surface area contributed by atoms with Crippen molar-refractivity contribution in [1.82, 2.24) is 14.7 Å². The fourth-order valence-corrected chi connectivity index (χ4v) is 1.75. The molecule has 1 unspecified atom stereocenters. The van der Waals surface area contributed by atoms with Crippen LogP contribution < -0.4 is 0 Å². The fourth-order valence-electron chi connectivity index (χ4n) is 1.75. The van der Waals surface area contributed by atoms with Crippen LogP contribution in [-0.2, 0) is 0 Å². The Hall–Kier alpha value is -0.120. The van der Waals surface area contributed by atoms with Crippen LogP contribution in [-0.4, -0.2) is 75.6 Å². The van der Waals surface area contributed by atoms with E-state index in [1.807, 2.05) is 0 Å². The summed E-state index contributed by atoms with van der Waals surface area (Å²) in [5.41, 5.74) is 0. The molecule has 0 bridgehead atoms. The monoisotopic (exact) mass is 215 g/mol. The highest BCUT2D eigenvalue weighted by atomic mass is 15.2. The molecule has 0 fully saturated rings. The molecule has 0 aliphatic heterocycles. The molecule has 0 aromatic carbocycles. The lowest BCUT2D eigenvalue weighted by atomic mass is 10.0. The van der Waals surface area contributed by atoms with Crippen molar-refractivity contribution < 1.29 is 0 Å². The van der Waals surface area contributed by atoms with Gasteiger partial charge in [-0.15, -0.1) is 0 Å². The molecule has 0 N–H and O–H groups in total. The lowest BCUT2D eigenvalue weighted by Crippen LogP contribution is -2.43. The molecule has 0 spiro atoms. The minimum atomic E-state index is 0.650. The lowest BCUT2D eigenvalue weighted by Gasteiger charge is -2.32. The summed E-state index contributed by atoms with van der Waals surface area (Å²) >= 11 is 0. The molecule has 0 rings (SSSR count). The Labute approximate surface area is 96.0 Å². The highest BCUT2D eigenvalue weighted by Crippen LogP contribution is 2.08. The summed E-state index contributed by atoms with van der Waals surface area (Å²) in [4.78, 5) is 6.98. The third kappa shape index (κ3) is 6.88. The molecule has 0 saturated heterocycles. The molecule has 3 nitrogen and oxygen atoms in total. The molecule has 0 saturated carbocycles. The predicted molar refractivity (Wildman–Crippen MR) is 68.4 cm³/mol. The SMILES string of the molecule is CC(C)C(CN(C)CCN(C)C)N(C)C. The first kappa shape index (κ1) is 14.9. The van der Waals surface area contributed by atoms with Crippen LogP contribution >= 0.6 is 0 Å². The summed E-state index contributed by atoms with van der Waals surface area (Å²) in [6.45, 7) is 8.02. The van der Waals surface area contributed by atoms with Gasteiger partial charge >= 0.3 is 0 Å². The molecule has 92 valence electrons. The van der Waals surface area contributed by atoms with Crippen LogP contribution in [0.5, 0.6) is 0 Å². The summed E-state index contributed by atoms with van der Waals surface area (Å²) < 4.78 is 0. The van der Waals surface area contributed by atoms with Crippen molar-refractivity contribution in [2.24, 2.45) is 5.92 Å². The second-order valence-corrected chi connectivity index (χ2v) is 5.34. The maximum atomic E-state index is 2.42. The molecule has 0 radical (unpaired) electrons. The number of hydrogen-bond acceptors (Lipinski definition) is 3. The van der Waals surface area contributed by atoms with Gasteiger partial charge in [0, 0.05) is 25.7 Å². The van der Waals surface area contributed by atoms with E-state index in [2.05, 4.69) is 63.8 Å². The van der Waals surface area contributed by atoms with Gasteiger partial charge in [0.1, 0.15) is 0 Å². The summed E-state index contributed by atoms with van der Waals surface area (Å²) in [5.74, 6) is 0.710. The lowest BCUT2D eigenvalue weighted by molar-refractivity contribution is 0.160. The van der Waals surface area contributed by atoms with Crippen LogP contribution in [0.15, 0.2) is 0 Å². The van der Waals surface area contributed by atoms with Crippen molar-refractivity contribution in [1.29, 1.82) is 0 Å². The Bertz CT molecular complexity index is 147. The van der Waals surface area contributed by atoms with Crippen molar-refractivity contribution >= 4 is 0 Å². The zero-order valence-electron chi connectivity index (χ0n) is 11.6. The standard InChI is InChI=1S/C12H29N3/c1-11(2)12(14(5)6)10-15(7)9-8-13(3)4/h11-12H,8-10H2,1-7H3. The Kier molecular flexibility index (Phi) is 7.14. The average molecular weight is 215 g/mol. The quantitative estimate of drug-likeness (QED) is 0.629. The molecule has 1 atom stereocenters. The minimum Gasteiger partial charge on any atom is -0.308 e. The minimum absolute atomic E-state index is 0.650. The van der Waals surface area contributed by atoms with Crippen LogP contribution in [0, 0.1) is 5.92 Å². The molecule has 3 heteroatoms. The zero-order chi connectivity index (χ0) is 12.0. The van der Waals surface area contributed by atoms with Gasteiger partial charge in [0.2, 0.25) is 0 Å². The van der Waals surface area contributed by atoms with Crippen molar-refractivity contribution in [3.63, 3.8) is 0 Å². The van der Waals surface area contributed by atoms with Gasteiger partial charge in [-0.2, -0.15) is 0 Å². The van der Waals surface area contributed by atoms with E-state index < -0.39 is 0 Å². The summed E-state index contributed by atoms with van der Waals surface area (Å²) in [7, 11) is 10.8. The highest BCUT2D eigenvalue weighted by Gasteiger charge is 2.17. The van der Waals surface area contributed by atoms with Gasteiger partial charge in [-0.1, -0.05) is 13.8 Å². The molecular weight excluding hydrogens is 186 g/mol. The summed E-state index contributed by atoms with van der Waals surface area (Å²) in [5, 5.41) is 0. The first-order valence-electron chi connectivity index (χ1n) is 5.84.